The summed E-state index contributed by atoms with van der Waals surface area (Å²) in [6.07, 6.45) is 3.87. The first-order valence-electron chi connectivity index (χ1n) is 9.77. The monoisotopic (exact) mass is 452 g/mol. The lowest BCUT2D eigenvalue weighted by atomic mass is 9.99. The van der Waals surface area contributed by atoms with Crippen molar-refractivity contribution >= 4 is 46.4 Å². The van der Waals surface area contributed by atoms with Gasteiger partial charge in [-0.25, -0.2) is 4.98 Å². The van der Waals surface area contributed by atoms with Crippen molar-refractivity contribution in [1.29, 1.82) is 0 Å². The summed E-state index contributed by atoms with van der Waals surface area (Å²) in [6, 6.07) is 10.8. The van der Waals surface area contributed by atoms with Gasteiger partial charge in [0.1, 0.15) is 4.83 Å². The van der Waals surface area contributed by atoms with E-state index in [1.54, 1.807) is 17.7 Å². The van der Waals surface area contributed by atoms with Gasteiger partial charge in [-0.2, -0.15) is 0 Å². The Labute approximate surface area is 187 Å². The Morgan fingerprint density at radius 3 is 2.83 bits per heavy atom. The van der Waals surface area contributed by atoms with Crippen molar-refractivity contribution < 1.29 is 0 Å². The molecule has 0 saturated carbocycles. The zero-order valence-corrected chi connectivity index (χ0v) is 18.6. The van der Waals surface area contributed by atoms with Gasteiger partial charge in [-0.1, -0.05) is 30.3 Å². The number of nitrogens with zero attached hydrogens (tertiary/aromatic N) is 3. The molecule has 4 heterocycles. The molecule has 0 amide bonds. The Bertz CT molecular complexity index is 1020. The van der Waals surface area contributed by atoms with Crippen molar-refractivity contribution in [1.82, 2.24) is 19.8 Å². The molecule has 8 heteroatoms. The molecule has 5 rings (SSSR count). The summed E-state index contributed by atoms with van der Waals surface area (Å²) in [5, 5.41) is 4.25. The number of nitrogens with one attached hydrogen (secondary N) is 1. The minimum absolute atomic E-state index is 0. The SMILES string of the molecule is Cl.Cl.O=c1c2c3c(sc2ncn1CCN1CCC(c2ccccc2)C1)CNCC3. The highest BCUT2D eigenvalue weighted by atomic mass is 35.5. The van der Waals surface area contributed by atoms with Crippen LogP contribution in [-0.4, -0.2) is 40.6 Å². The summed E-state index contributed by atoms with van der Waals surface area (Å²) >= 11 is 1.67. The minimum Gasteiger partial charge on any atom is -0.312 e. The molecule has 0 bridgehead atoms. The summed E-state index contributed by atoms with van der Waals surface area (Å²) in [6.45, 7) is 5.61. The van der Waals surface area contributed by atoms with Crippen LogP contribution in [0.4, 0.5) is 0 Å². The molecule has 2 aliphatic heterocycles. The normalized spacial score (nSPS) is 18.8. The fourth-order valence-electron chi connectivity index (χ4n) is 4.39. The standard InChI is InChI=1S/C21H24N4OS.2ClH/c26-21-19-17-6-8-22-12-18(17)27-20(19)23-14-25(21)11-10-24-9-7-16(13-24)15-4-2-1-3-5-15;;/h1-5,14,16,22H,6-13H2;2*1H. The smallest absolute Gasteiger partial charge is 0.262 e. The third-order valence-electron chi connectivity index (χ3n) is 5.90. The predicted molar refractivity (Wildman–Crippen MR) is 124 cm³/mol. The molecule has 156 valence electrons. The second kappa shape index (κ2) is 9.58. The van der Waals surface area contributed by atoms with Crippen molar-refractivity contribution in [3.8, 4) is 0 Å². The van der Waals surface area contributed by atoms with Crippen molar-refractivity contribution in [3.05, 3.63) is 63.0 Å². The van der Waals surface area contributed by atoms with Gasteiger partial charge in [0.15, 0.2) is 0 Å². The van der Waals surface area contributed by atoms with Gasteiger partial charge in [-0.3, -0.25) is 9.36 Å². The second-order valence-electron chi connectivity index (χ2n) is 7.55. The quantitative estimate of drug-likeness (QED) is 0.658. The van der Waals surface area contributed by atoms with Crippen LogP contribution >= 0.6 is 36.2 Å². The van der Waals surface area contributed by atoms with E-state index in [1.165, 1.54) is 22.4 Å². The lowest BCUT2D eigenvalue weighted by Gasteiger charge is -2.17. The topological polar surface area (TPSA) is 50.2 Å². The van der Waals surface area contributed by atoms with Crippen LogP contribution in [0, 0.1) is 0 Å². The highest BCUT2D eigenvalue weighted by Crippen LogP contribution is 2.30. The number of aromatic nitrogens is 2. The van der Waals surface area contributed by atoms with E-state index < -0.39 is 0 Å². The van der Waals surface area contributed by atoms with Gasteiger partial charge >= 0.3 is 0 Å². The molecule has 1 N–H and O–H groups in total. The van der Waals surface area contributed by atoms with Crippen LogP contribution in [0.1, 0.15) is 28.3 Å². The highest BCUT2D eigenvalue weighted by molar-refractivity contribution is 7.18. The largest absolute Gasteiger partial charge is 0.312 e. The predicted octanol–water partition coefficient (Wildman–Crippen LogP) is 3.44. The van der Waals surface area contributed by atoms with E-state index in [0.29, 0.717) is 12.5 Å². The number of hydrogen-bond donors (Lipinski definition) is 1. The van der Waals surface area contributed by atoms with E-state index in [-0.39, 0.29) is 30.4 Å². The van der Waals surface area contributed by atoms with E-state index >= 15 is 0 Å². The maximum Gasteiger partial charge on any atom is 0.262 e. The Hall–Kier alpha value is -1.44. The lowest BCUT2D eigenvalue weighted by Crippen LogP contribution is -2.30. The van der Waals surface area contributed by atoms with Crippen LogP contribution in [0.25, 0.3) is 10.2 Å². The molecular formula is C21H26Cl2N4OS. The van der Waals surface area contributed by atoms with Gasteiger partial charge in [0, 0.05) is 31.1 Å². The molecule has 1 fully saturated rings. The maximum absolute atomic E-state index is 13.0. The summed E-state index contributed by atoms with van der Waals surface area (Å²) in [7, 11) is 0. The van der Waals surface area contributed by atoms with Crippen LogP contribution in [0.3, 0.4) is 0 Å². The first-order valence-corrected chi connectivity index (χ1v) is 10.6. The molecular weight excluding hydrogens is 427 g/mol. The van der Waals surface area contributed by atoms with Crippen molar-refractivity contribution in [2.75, 3.05) is 26.2 Å². The number of rotatable bonds is 4. The van der Waals surface area contributed by atoms with Gasteiger partial charge in [-0.05, 0) is 43.0 Å². The van der Waals surface area contributed by atoms with Crippen LogP contribution in [0.5, 0.6) is 0 Å². The molecule has 29 heavy (non-hydrogen) atoms. The number of hydrogen-bond acceptors (Lipinski definition) is 5. The number of thiophene rings is 1. The third kappa shape index (κ3) is 4.37. The second-order valence-corrected chi connectivity index (χ2v) is 8.63. The van der Waals surface area contributed by atoms with Crippen LogP contribution in [0.2, 0.25) is 0 Å². The highest BCUT2D eigenvalue weighted by Gasteiger charge is 2.24. The molecule has 3 aromatic rings. The van der Waals surface area contributed by atoms with E-state index in [2.05, 4.69) is 45.5 Å². The zero-order chi connectivity index (χ0) is 18.2. The van der Waals surface area contributed by atoms with Crippen LogP contribution < -0.4 is 10.9 Å². The summed E-state index contributed by atoms with van der Waals surface area (Å²) in [5.41, 5.74) is 2.79. The van der Waals surface area contributed by atoms with Gasteiger partial charge in [-0.15, -0.1) is 36.2 Å². The first-order chi connectivity index (χ1) is 13.3. The molecule has 5 nitrogen and oxygen atoms in total. The Balaban J connectivity index is 0.00000120. The molecule has 2 aliphatic rings. The molecule has 0 spiro atoms. The molecule has 1 atom stereocenters. The maximum atomic E-state index is 13.0. The summed E-state index contributed by atoms with van der Waals surface area (Å²) in [5.74, 6) is 0.611. The fraction of sp³-hybridized carbons (Fsp3) is 0.429. The van der Waals surface area contributed by atoms with E-state index in [0.717, 1.165) is 49.4 Å². The van der Waals surface area contributed by atoms with Crippen molar-refractivity contribution in [2.45, 2.75) is 31.8 Å². The van der Waals surface area contributed by atoms with Gasteiger partial charge in [0.25, 0.3) is 5.56 Å². The average molecular weight is 453 g/mol. The van der Waals surface area contributed by atoms with E-state index in [4.69, 9.17) is 0 Å². The van der Waals surface area contributed by atoms with Gasteiger partial charge in [0.2, 0.25) is 0 Å². The molecule has 1 saturated heterocycles. The number of fused-ring (bicyclic) bond motifs is 3. The first kappa shape index (κ1) is 22.2. The Morgan fingerprint density at radius 1 is 1.17 bits per heavy atom. The molecule has 1 unspecified atom stereocenters. The molecule has 0 aliphatic carbocycles. The molecule has 2 aromatic heterocycles. The van der Waals surface area contributed by atoms with Gasteiger partial charge in [0.05, 0.1) is 11.7 Å². The lowest BCUT2D eigenvalue weighted by molar-refractivity contribution is 0.316. The van der Waals surface area contributed by atoms with Crippen molar-refractivity contribution in [2.24, 2.45) is 0 Å². The fourth-order valence-corrected chi connectivity index (χ4v) is 5.54. The summed E-state index contributed by atoms with van der Waals surface area (Å²) < 4.78 is 1.81. The van der Waals surface area contributed by atoms with Crippen LogP contribution in [-0.2, 0) is 19.5 Å². The Kier molecular flexibility index (Phi) is 7.35. The molecule has 0 radical (unpaired) electrons. The average Bonchev–Trinajstić information content (AvgIpc) is 3.33. The van der Waals surface area contributed by atoms with Crippen LogP contribution in [0.15, 0.2) is 41.5 Å². The number of benzene rings is 1. The summed E-state index contributed by atoms with van der Waals surface area (Å²) in [4.78, 5) is 22.3. The van der Waals surface area contributed by atoms with E-state index in [1.807, 2.05) is 4.57 Å². The van der Waals surface area contributed by atoms with E-state index in [9.17, 15) is 4.79 Å². The third-order valence-corrected chi connectivity index (χ3v) is 7.04. The zero-order valence-electron chi connectivity index (χ0n) is 16.2. The van der Waals surface area contributed by atoms with Crippen molar-refractivity contribution in [3.63, 3.8) is 0 Å². The van der Waals surface area contributed by atoms with Gasteiger partial charge < -0.3 is 10.2 Å². The number of halogens is 2. The number of likely N-dealkylation sites (tertiary alicyclic amines) is 1. The Morgan fingerprint density at radius 2 is 2.00 bits per heavy atom. The minimum atomic E-state index is 0. The molecule has 1 aromatic carbocycles.